The highest BCUT2D eigenvalue weighted by atomic mass is 16.1. The smallest absolute Gasteiger partial charge is 0.146 e. The molecule has 0 spiro atoms. The van der Waals surface area contributed by atoms with Crippen LogP contribution in [0.3, 0.4) is 0 Å². The van der Waals surface area contributed by atoms with Crippen LogP contribution >= 0.6 is 0 Å². The lowest BCUT2D eigenvalue weighted by Gasteiger charge is -2.48. The van der Waals surface area contributed by atoms with Crippen molar-refractivity contribution in [1.82, 2.24) is 0 Å². The Balaban J connectivity index is 2.44. The number of carbonyl (C=O) groups is 1. The van der Waals surface area contributed by atoms with E-state index in [0.29, 0.717) is 5.78 Å². The number of allylic oxidation sites excluding steroid dienone is 4. The molecule has 0 saturated carbocycles. The monoisotopic (exact) mass is 274 g/mol. The van der Waals surface area contributed by atoms with E-state index in [0.717, 1.165) is 12.8 Å². The first-order chi connectivity index (χ1) is 8.91. The van der Waals surface area contributed by atoms with Gasteiger partial charge in [-0.15, -0.1) is 0 Å². The molecule has 0 aromatic carbocycles. The zero-order valence-electron chi connectivity index (χ0n) is 14.5. The number of carbonyl (C=O) groups excluding carboxylic acids is 1. The van der Waals surface area contributed by atoms with Crippen molar-refractivity contribution in [2.75, 3.05) is 0 Å². The molecule has 0 amide bonds. The Morgan fingerprint density at radius 3 is 1.30 bits per heavy atom. The van der Waals surface area contributed by atoms with E-state index < -0.39 is 0 Å². The van der Waals surface area contributed by atoms with Crippen LogP contribution in [0.15, 0.2) is 23.3 Å². The van der Waals surface area contributed by atoms with Gasteiger partial charge in [0.05, 0.1) is 0 Å². The standard InChI is InChI=1S/C19H30O/c1-13-9-11-18(7,16(13,3)4)15(20)19(8)12-10-14(2)17(19,5)6/h9-10H,11-12H2,1-8H3/t18-,19-/m0/s1. The van der Waals surface area contributed by atoms with Crippen LogP contribution in [0.2, 0.25) is 0 Å². The lowest BCUT2D eigenvalue weighted by Crippen LogP contribution is -2.51. The van der Waals surface area contributed by atoms with E-state index in [1.807, 2.05) is 0 Å². The molecular weight excluding hydrogens is 244 g/mol. The predicted octanol–water partition coefficient (Wildman–Crippen LogP) is 5.32. The molecule has 0 bridgehead atoms. The Morgan fingerprint density at radius 2 is 1.10 bits per heavy atom. The molecule has 1 heteroatoms. The third-order valence-electron chi connectivity index (χ3n) is 7.37. The van der Waals surface area contributed by atoms with Crippen molar-refractivity contribution < 1.29 is 4.79 Å². The molecule has 0 aromatic rings. The Morgan fingerprint density at radius 1 is 0.800 bits per heavy atom. The maximum Gasteiger partial charge on any atom is 0.146 e. The van der Waals surface area contributed by atoms with E-state index >= 15 is 0 Å². The molecule has 20 heavy (non-hydrogen) atoms. The molecule has 2 aliphatic rings. The van der Waals surface area contributed by atoms with E-state index in [9.17, 15) is 4.79 Å². The molecule has 0 unspecified atom stereocenters. The highest BCUT2D eigenvalue weighted by Gasteiger charge is 2.60. The molecule has 2 aliphatic carbocycles. The van der Waals surface area contributed by atoms with E-state index in [1.54, 1.807) is 0 Å². The van der Waals surface area contributed by atoms with Gasteiger partial charge in [-0.1, -0.05) is 64.8 Å². The Bertz CT molecular complexity index is 472. The molecule has 1 nitrogen and oxygen atoms in total. The van der Waals surface area contributed by atoms with Crippen molar-refractivity contribution in [3.8, 4) is 0 Å². The number of hydrogen-bond acceptors (Lipinski definition) is 1. The van der Waals surface area contributed by atoms with Gasteiger partial charge in [-0.25, -0.2) is 0 Å². The van der Waals surface area contributed by atoms with Crippen molar-refractivity contribution in [1.29, 1.82) is 0 Å². The van der Waals surface area contributed by atoms with E-state index in [4.69, 9.17) is 0 Å². The highest BCUT2D eigenvalue weighted by molar-refractivity contribution is 5.93. The quantitative estimate of drug-likeness (QED) is 0.623. The normalized spacial score (nSPS) is 38.6. The van der Waals surface area contributed by atoms with E-state index in [-0.39, 0.29) is 21.7 Å². The number of Topliss-reactive ketones (excluding diaryl/α,β-unsaturated/α-hetero) is 1. The van der Waals surface area contributed by atoms with Crippen LogP contribution in [-0.2, 0) is 4.79 Å². The summed E-state index contributed by atoms with van der Waals surface area (Å²) in [7, 11) is 0. The molecule has 2 atom stereocenters. The van der Waals surface area contributed by atoms with Gasteiger partial charge in [0.1, 0.15) is 5.78 Å². The maximum atomic E-state index is 13.5. The SMILES string of the molecule is CC1=CC[C@@](C)(C(=O)[C@]2(C)CC=C(C)C2(C)C)C1(C)C. The maximum absolute atomic E-state index is 13.5. The van der Waals surface area contributed by atoms with Crippen LogP contribution in [0.25, 0.3) is 0 Å². The molecule has 0 radical (unpaired) electrons. The molecule has 0 N–H and O–H groups in total. The fraction of sp³-hybridized carbons (Fsp3) is 0.737. The zero-order valence-corrected chi connectivity index (χ0v) is 14.5. The molecule has 112 valence electrons. The summed E-state index contributed by atoms with van der Waals surface area (Å²) in [5.74, 6) is 0.446. The first-order valence-corrected chi connectivity index (χ1v) is 7.81. The van der Waals surface area contributed by atoms with Gasteiger partial charge in [-0.3, -0.25) is 4.79 Å². The summed E-state index contributed by atoms with van der Waals surface area (Å²) in [6.45, 7) is 17.6. The van der Waals surface area contributed by atoms with Gasteiger partial charge < -0.3 is 0 Å². The largest absolute Gasteiger partial charge is 0.298 e. The summed E-state index contributed by atoms with van der Waals surface area (Å²) in [4.78, 5) is 13.5. The summed E-state index contributed by atoms with van der Waals surface area (Å²) in [6.07, 6.45) is 6.30. The minimum atomic E-state index is -0.276. The van der Waals surface area contributed by atoms with Crippen molar-refractivity contribution in [3.63, 3.8) is 0 Å². The Labute approximate surface area is 124 Å². The number of hydrogen-bond donors (Lipinski definition) is 0. The average Bonchev–Trinajstić information content (AvgIpc) is 2.70. The fourth-order valence-corrected chi connectivity index (χ4v) is 3.97. The Hall–Kier alpha value is -0.850. The van der Waals surface area contributed by atoms with Gasteiger partial charge in [-0.05, 0) is 37.5 Å². The minimum absolute atomic E-state index is 0.0420. The second-order valence-electron chi connectivity index (χ2n) is 8.43. The summed E-state index contributed by atoms with van der Waals surface area (Å²) in [5.41, 5.74) is 2.08. The summed E-state index contributed by atoms with van der Waals surface area (Å²) in [6, 6.07) is 0. The van der Waals surface area contributed by atoms with Crippen LogP contribution in [0.1, 0.15) is 68.2 Å². The summed E-state index contributed by atoms with van der Waals surface area (Å²) in [5, 5.41) is 0. The van der Waals surface area contributed by atoms with Gasteiger partial charge in [0.2, 0.25) is 0 Å². The molecule has 0 saturated heterocycles. The lowest BCUT2D eigenvalue weighted by molar-refractivity contribution is -0.146. The van der Waals surface area contributed by atoms with Crippen LogP contribution < -0.4 is 0 Å². The van der Waals surface area contributed by atoms with Crippen molar-refractivity contribution in [3.05, 3.63) is 23.3 Å². The summed E-state index contributed by atoms with van der Waals surface area (Å²) < 4.78 is 0. The highest BCUT2D eigenvalue weighted by Crippen LogP contribution is 2.61. The van der Waals surface area contributed by atoms with Gasteiger partial charge in [0.15, 0.2) is 0 Å². The van der Waals surface area contributed by atoms with Crippen molar-refractivity contribution in [2.45, 2.75) is 68.2 Å². The number of rotatable bonds is 2. The Kier molecular flexibility index (Phi) is 3.17. The molecular formula is C19H30O. The molecule has 0 heterocycles. The van der Waals surface area contributed by atoms with Crippen molar-refractivity contribution >= 4 is 5.78 Å². The fourth-order valence-electron chi connectivity index (χ4n) is 3.97. The minimum Gasteiger partial charge on any atom is -0.298 e. The third-order valence-corrected chi connectivity index (χ3v) is 7.37. The first kappa shape index (κ1) is 15.5. The number of ketones is 1. The predicted molar refractivity (Wildman–Crippen MR) is 85.5 cm³/mol. The lowest BCUT2D eigenvalue weighted by atomic mass is 9.53. The van der Waals surface area contributed by atoms with E-state index in [1.165, 1.54) is 11.1 Å². The van der Waals surface area contributed by atoms with E-state index in [2.05, 4.69) is 67.5 Å². The molecule has 0 aromatic heterocycles. The van der Waals surface area contributed by atoms with Gasteiger partial charge in [-0.2, -0.15) is 0 Å². The second-order valence-corrected chi connectivity index (χ2v) is 8.43. The zero-order chi connectivity index (χ0) is 15.6. The molecule has 0 fully saturated rings. The molecule has 2 rings (SSSR count). The van der Waals surface area contributed by atoms with Gasteiger partial charge >= 0.3 is 0 Å². The van der Waals surface area contributed by atoms with Crippen LogP contribution in [0.4, 0.5) is 0 Å². The third kappa shape index (κ3) is 1.58. The second kappa shape index (κ2) is 4.08. The topological polar surface area (TPSA) is 17.1 Å². The van der Waals surface area contributed by atoms with Crippen LogP contribution in [-0.4, -0.2) is 5.78 Å². The van der Waals surface area contributed by atoms with Crippen LogP contribution in [0.5, 0.6) is 0 Å². The average molecular weight is 274 g/mol. The van der Waals surface area contributed by atoms with Crippen molar-refractivity contribution in [2.24, 2.45) is 21.7 Å². The molecule has 0 aliphatic heterocycles. The first-order valence-electron chi connectivity index (χ1n) is 7.81. The summed E-state index contributed by atoms with van der Waals surface area (Å²) >= 11 is 0. The van der Waals surface area contributed by atoms with Crippen LogP contribution in [0, 0.1) is 21.7 Å². The van der Waals surface area contributed by atoms with Gasteiger partial charge in [0.25, 0.3) is 0 Å². The van der Waals surface area contributed by atoms with Gasteiger partial charge in [0, 0.05) is 10.8 Å².